The third-order valence-electron chi connectivity index (χ3n) is 3.01. The van der Waals surface area contributed by atoms with Crippen LogP contribution in [0.1, 0.15) is 6.42 Å². The van der Waals surface area contributed by atoms with Gasteiger partial charge in [0.05, 0.1) is 5.39 Å². The zero-order valence-electron chi connectivity index (χ0n) is 10.6. The maximum atomic E-state index is 12.4. The second kappa shape index (κ2) is 5.73. The third-order valence-corrected chi connectivity index (χ3v) is 4.05. The van der Waals surface area contributed by atoms with Crippen molar-refractivity contribution in [1.82, 2.24) is 14.8 Å². The summed E-state index contributed by atoms with van der Waals surface area (Å²) in [7, 11) is 0. The van der Waals surface area contributed by atoms with Gasteiger partial charge in [0.25, 0.3) is 5.56 Å². The van der Waals surface area contributed by atoms with E-state index < -0.39 is 0 Å². The zero-order chi connectivity index (χ0) is 13.9. The first-order valence-electron chi connectivity index (χ1n) is 6.27. The normalized spacial score (nSPS) is 11.1. The average molecular weight is 306 g/mol. The number of hydrogen-bond donors (Lipinski definition) is 0. The van der Waals surface area contributed by atoms with Gasteiger partial charge in [0.2, 0.25) is 0 Å². The van der Waals surface area contributed by atoms with Crippen molar-refractivity contribution in [1.29, 1.82) is 0 Å². The number of thiazole rings is 1. The van der Waals surface area contributed by atoms with Crippen LogP contribution in [0.5, 0.6) is 0 Å². The molecular weight excluding hydrogens is 294 g/mol. The second-order valence-electron chi connectivity index (χ2n) is 4.30. The highest BCUT2D eigenvalue weighted by Crippen LogP contribution is 2.25. The van der Waals surface area contributed by atoms with E-state index in [-0.39, 0.29) is 5.56 Å². The zero-order valence-corrected chi connectivity index (χ0v) is 12.2. The highest BCUT2D eigenvalue weighted by molar-refractivity contribution is 7.13. The molecule has 2 aromatic heterocycles. The van der Waals surface area contributed by atoms with Crippen LogP contribution < -0.4 is 5.56 Å². The molecule has 2 heterocycles. The van der Waals surface area contributed by atoms with Crippen molar-refractivity contribution >= 4 is 33.7 Å². The molecule has 20 heavy (non-hydrogen) atoms. The SMILES string of the molecule is O=c1c2ccccc2c(-c2nccs2)nn1CCCCl. The van der Waals surface area contributed by atoms with Gasteiger partial charge in [-0.3, -0.25) is 4.79 Å². The minimum atomic E-state index is -0.0778. The van der Waals surface area contributed by atoms with Gasteiger partial charge in [-0.05, 0) is 12.5 Å². The number of aromatic nitrogens is 3. The largest absolute Gasteiger partial charge is 0.274 e. The topological polar surface area (TPSA) is 47.8 Å². The van der Waals surface area contributed by atoms with Crippen molar-refractivity contribution in [3.8, 4) is 10.7 Å². The molecule has 6 heteroatoms. The number of aryl methyl sites for hydroxylation is 1. The summed E-state index contributed by atoms with van der Waals surface area (Å²) in [6, 6.07) is 7.50. The maximum absolute atomic E-state index is 12.4. The van der Waals surface area contributed by atoms with Crippen LogP contribution in [-0.4, -0.2) is 20.6 Å². The quantitative estimate of drug-likeness (QED) is 0.696. The number of rotatable bonds is 4. The number of alkyl halides is 1. The van der Waals surface area contributed by atoms with Gasteiger partial charge in [-0.15, -0.1) is 22.9 Å². The minimum absolute atomic E-state index is 0.0778. The molecule has 0 unspecified atom stereocenters. The Morgan fingerprint density at radius 2 is 2.05 bits per heavy atom. The first kappa shape index (κ1) is 13.3. The molecule has 1 aromatic carbocycles. The fourth-order valence-corrected chi connectivity index (χ4v) is 2.85. The Labute approximate surface area is 124 Å². The van der Waals surface area contributed by atoms with Crippen LogP contribution in [-0.2, 0) is 6.54 Å². The van der Waals surface area contributed by atoms with Gasteiger partial charge in [0, 0.05) is 29.4 Å². The summed E-state index contributed by atoms with van der Waals surface area (Å²) in [5.74, 6) is 0.507. The molecule has 0 N–H and O–H groups in total. The average Bonchev–Trinajstić information content (AvgIpc) is 3.01. The predicted octanol–water partition coefficient (Wildman–Crippen LogP) is 3.15. The highest BCUT2D eigenvalue weighted by Gasteiger charge is 2.13. The van der Waals surface area contributed by atoms with Crippen LogP contribution in [0.3, 0.4) is 0 Å². The van der Waals surface area contributed by atoms with Crippen molar-refractivity contribution in [2.75, 3.05) is 5.88 Å². The first-order valence-corrected chi connectivity index (χ1v) is 7.68. The van der Waals surface area contributed by atoms with Crippen molar-refractivity contribution in [3.63, 3.8) is 0 Å². The summed E-state index contributed by atoms with van der Waals surface area (Å²) in [6.07, 6.45) is 2.45. The van der Waals surface area contributed by atoms with E-state index in [1.54, 1.807) is 6.20 Å². The van der Waals surface area contributed by atoms with E-state index in [2.05, 4.69) is 10.1 Å². The van der Waals surface area contributed by atoms with Crippen molar-refractivity contribution in [2.45, 2.75) is 13.0 Å². The van der Waals surface area contributed by atoms with Gasteiger partial charge >= 0.3 is 0 Å². The van der Waals surface area contributed by atoms with Crippen LogP contribution in [0.2, 0.25) is 0 Å². The molecule has 0 atom stereocenters. The predicted molar refractivity (Wildman–Crippen MR) is 82.4 cm³/mol. The lowest BCUT2D eigenvalue weighted by Gasteiger charge is -2.08. The molecule has 0 fully saturated rings. The number of halogens is 1. The van der Waals surface area contributed by atoms with Crippen LogP contribution >= 0.6 is 22.9 Å². The molecule has 0 spiro atoms. The number of nitrogens with zero attached hydrogens (tertiary/aromatic N) is 3. The molecule has 0 radical (unpaired) electrons. The molecule has 4 nitrogen and oxygen atoms in total. The van der Waals surface area contributed by atoms with E-state index in [0.29, 0.717) is 24.2 Å². The fraction of sp³-hybridized carbons (Fsp3) is 0.214. The monoisotopic (exact) mass is 305 g/mol. The lowest BCUT2D eigenvalue weighted by molar-refractivity contribution is 0.578. The highest BCUT2D eigenvalue weighted by atomic mass is 35.5. The minimum Gasteiger partial charge on any atom is -0.267 e. The van der Waals surface area contributed by atoms with Gasteiger partial charge in [0.1, 0.15) is 10.7 Å². The summed E-state index contributed by atoms with van der Waals surface area (Å²) < 4.78 is 1.49. The van der Waals surface area contributed by atoms with Gasteiger partial charge in [-0.2, -0.15) is 5.10 Å². The fourth-order valence-electron chi connectivity index (χ4n) is 2.09. The molecule has 3 rings (SSSR count). The first-order chi connectivity index (χ1) is 9.81. The van der Waals surface area contributed by atoms with Gasteiger partial charge in [-0.25, -0.2) is 9.67 Å². The Morgan fingerprint density at radius 3 is 2.75 bits per heavy atom. The number of fused-ring (bicyclic) bond motifs is 1. The maximum Gasteiger partial charge on any atom is 0.274 e. The van der Waals surface area contributed by atoms with Gasteiger partial charge in [0.15, 0.2) is 0 Å². The molecular formula is C14H12ClN3OS. The summed E-state index contributed by atoms with van der Waals surface area (Å²) in [6.45, 7) is 0.519. The van der Waals surface area contributed by atoms with Crippen molar-refractivity contribution in [2.24, 2.45) is 0 Å². The third kappa shape index (κ3) is 2.34. The Balaban J connectivity index is 2.27. The van der Waals surface area contributed by atoms with Crippen LogP contribution in [0, 0.1) is 0 Å². The molecule has 3 aromatic rings. The van der Waals surface area contributed by atoms with Gasteiger partial charge < -0.3 is 0 Å². The lowest BCUT2D eigenvalue weighted by atomic mass is 10.1. The summed E-state index contributed by atoms with van der Waals surface area (Å²) in [4.78, 5) is 16.7. The van der Waals surface area contributed by atoms with Crippen molar-refractivity contribution in [3.05, 3.63) is 46.2 Å². The Hall–Kier alpha value is -1.72. The van der Waals surface area contributed by atoms with Crippen molar-refractivity contribution < 1.29 is 0 Å². The summed E-state index contributed by atoms with van der Waals surface area (Å²) in [5, 5.41) is 8.71. The molecule has 102 valence electrons. The number of hydrogen-bond acceptors (Lipinski definition) is 4. The van der Waals surface area contributed by atoms with Crippen LogP contribution in [0.25, 0.3) is 21.5 Å². The molecule has 0 aliphatic rings. The molecule has 0 saturated heterocycles. The standard InChI is InChI=1S/C14H12ClN3OS/c15-6-3-8-18-14(19)11-5-2-1-4-10(11)12(17-18)13-16-7-9-20-13/h1-2,4-5,7,9H,3,6,8H2. The van der Waals surface area contributed by atoms with Gasteiger partial charge in [-0.1, -0.05) is 18.2 Å². The number of benzene rings is 1. The van der Waals surface area contributed by atoms with E-state index >= 15 is 0 Å². The summed E-state index contributed by atoms with van der Waals surface area (Å²) >= 11 is 7.22. The van der Waals surface area contributed by atoms with Crippen LogP contribution in [0.15, 0.2) is 40.6 Å². The van der Waals surface area contributed by atoms with E-state index in [0.717, 1.165) is 16.1 Å². The Kier molecular flexibility index (Phi) is 3.80. The van der Waals surface area contributed by atoms with E-state index in [1.165, 1.54) is 16.0 Å². The summed E-state index contributed by atoms with van der Waals surface area (Å²) in [5.41, 5.74) is 0.677. The molecule has 0 amide bonds. The van der Waals surface area contributed by atoms with E-state index in [1.807, 2.05) is 29.6 Å². The molecule has 0 bridgehead atoms. The van der Waals surface area contributed by atoms with E-state index in [9.17, 15) is 4.79 Å². The van der Waals surface area contributed by atoms with Crippen LogP contribution in [0.4, 0.5) is 0 Å². The molecule has 0 aliphatic heterocycles. The van der Waals surface area contributed by atoms with E-state index in [4.69, 9.17) is 11.6 Å². The molecule has 0 saturated carbocycles. The smallest absolute Gasteiger partial charge is 0.267 e. The second-order valence-corrected chi connectivity index (χ2v) is 5.57. The lowest BCUT2D eigenvalue weighted by Crippen LogP contribution is -2.24. The Bertz CT molecular complexity index is 783. The Morgan fingerprint density at radius 1 is 1.25 bits per heavy atom. The molecule has 0 aliphatic carbocycles.